The second-order valence-electron chi connectivity index (χ2n) is 6.67. The summed E-state index contributed by atoms with van der Waals surface area (Å²) in [5.41, 5.74) is 0.167. The Balaban J connectivity index is 1.60. The van der Waals surface area contributed by atoms with E-state index in [1.807, 2.05) is 0 Å². The van der Waals surface area contributed by atoms with Crippen molar-refractivity contribution in [1.82, 2.24) is 15.5 Å². The minimum Gasteiger partial charge on any atom is -0.339 e. The monoisotopic (exact) mass is 261 g/mol. The first-order valence-corrected chi connectivity index (χ1v) is 7.93. The molecule has 0 spiro atoms. The molecule has 104 valence electrons. The minimum absolute atomic E-state index is 0.167. The Hall–Kier alpha value is -0.900. The van der Waals surface area contributed by atoms with Gasteiger partial charge in [0.15, 0.2) is 5.82 Å². The molecule has 0 bridgehead atoms. The van der Waals surface area contributed by atoms with Crippen LogP contribution in [0.15, 0.2) is 4.52 Å². The number of hydrogen-bond donors (Lipinski definition) is 1. The van der Waals surface area contributed by atoms with Crippen LogP contribution < -0.4 is 5.32 Å². The summed E-state index contributed by atoms with van der Waals surface area (Å²) in [6.07, 6.45) is 10.4. The number of nitrogens with zero attached hydrogens (tertiary/aromatic N) is 2. The third kappa shape index (κ3) is 1.83. The van der Waals surface area contributed by atoms with Gasteiger partial charge in [0.2, 0.25) is 5.89 Å². The summed E-state index contributed by atoms with van der Waals surface area (Å²) in [7, 11) is 0. The van der Waals surface area contributed by atoms with Gasteiger partial charge in [-0.15, -0.1) is 0 Å². The van der Waals surface area contributed by atoms with Crippen molar-refractivity contribution in [3.63, 3.8) is 0 Å². The Bertz CT molecular complexity index is 440. The van der Waals surface area contributed by atoms with Crippen molar-refractivity contribution >= 4 is 0 Å². The van der Waals surface area contributed by atoms with Gasteiger partial charge in [0, 0.05) is 12.5 Å². The second kappa shape index (κ2) is 4.58. The molecule has 0 unspecified atom stereocenters. The number of rotatable bonds is 2. The van der Waals surface area contributed by atoms with Crippen LogP contribution in [0.3, 0.4) is 0 Å². The molecule has 0 radical (unpaired) electrons. The molecule has 4 rings (SSSR count). The topological polar surface area (TPSA) is 51.0 Å². The van der Waals surface area contributed by atoms with Crippen LogP contribution in [0.4, 0.5) is 0 Å². The Labute approximate surface area is 114 Å². The largest absolute Gasteiger partial charge is 0.339 e. The van der Waals surface area contributed by atoms with Gasteiger partial charge in [-0.3, -0.25) is 0 Å². The highest BCUT2D eigenvalue weighted by atomic mass is 16.5. The quantitative estimate of drug-likeness (QED) is 0.889. The van der Waals surface area contributed by atoms with Gasteiger partial charge in [0.1, 0.15) is 0 Å². The van der Waals surface area contributed by atoms with E-state index in [0.29, 0.717) is 11.8 Å². The van der Waals surface area contributed by atoms with Crippen LogP contribution in [0.1, 0.15) is 69.0 Å². The summed E-state index contributed by atoms with van der Waals surface area (Å²) in [6, 6.07) is 0. The fraction of sp³-hybridized carbons (Fsp3) is 0.867. The number of hydrogen-bond acceptors (Lipinski definition) is 4. The number of aromatic nitrogens is 2. The molecule has 4 nitrogen and oxygen atoms in total. The molecule has 2 heterocycles. The molecule has 1 aromatic rings. The van der Waals surface area contributed by atoms with Gasteiger partial charge in [0.25, 0.3) is 0 Å². The fourth-order valence-corrected chi connectivity index (χ4v) is 4.46. The fourth-order valence-electron chi connectivity index (χ4n) is 4.46. The third-order valence-corrected chi connectivity index (χ3v) is 5.63. The van der Waals surface area contributed by atoms with Crippen LogP contribution >= 0.6 is 0 Å². The Morgan fingerprint density at radius 1 is 1.11 bits per heavy atom. The Morgan fingerprint density at radius 3 is 2.89 bits per heavy atom. The van der Waals surface area contributed by atoms with Gasteiger partial charge in [-0.2, -0.15) is 4.98 Å². The minimum atomic E-state index is 0.167. The van der Waals surface area contributed by atoms with E-state index < -0.39 is 0 Å². The van der Waals surface area contributed by atoms with Gasteiger partial charge in [-0.25, -0.2) is 0 Å². The van der Waals surface area contributed by atoms with Crippen LogP contribution in [0.5, 0.6) is 0 Å². The molecule has 19 heavy (non-hydrogen) atoms. The first kappa shape index (κ1) is 11.9. The number of fused-ring (bicyclic) bond motifs is 1. The highest BCUT2D eigenvalue weighted by molar-refractivity contribution is 5.17. The first-order chi connectivity index (χ1) is 9.38. The molecule has 0 aromatic carbocycles. The zero-order valence-electron chi connectivity index (χ0n) is 11.5. The molecule has 1 aromatic heterocycles. The molecule has 2 atom stereocenters. The zero-order chi connectivity index (χ0) is 12.7. The van der Waals surface area contributed by atoms with Crippen molar-refractivity contribution in [2.45, 2.75) is 62.7 Å². The van der Waals surface area contributed by atoms with Crippen molar-refractivity contribution in [3.8, 4) is 0 Å². The lowest BCUT2D eigenvalue weighted by Gasteiger charge is -2.23. The zero-order valence-corrected chi connectivity index (χ0v) is 11.5. The van der Waals surface area contributed by atoms with Crippen LogP contribution in [0, 0.1) is 5.92 Å². The normalized spacial score (nSPS) is 35.7. The van der Waals surface area contributed by atoms with E-state index in [-0.39, 0.29) is 5.41 Å². The molecule has 2 saturated carbocycles. The Morgan fingerprint density at radius 2 is 2.00 bits per heavy atom. The molecule has 4 heteroatoms. The lowest BCUT2D eigenvalue weighted by molar-refractivity contribution is 0.263. The van der Waals surface area contributed by atoms with Crippen molar-refractivity contribution < 1.29 is 4.52 Å². The highest BCUT2D eigenvalue weighted by Gasteiger charge is 2.51. The van der Waals surface area contributed by atoms with Crippen molar-refractivity contribution in [2.75, 3.05) is 13.1 Å². The maximum Gasteiger partial charge on any atom is 0.234 e. The summed E-state index contributed by atoms with van der Waals surface area (Å²) in [5.74, 6) is 3.19. The number of nitrogens with one attached hydrogen (secondary N) is 1. The maximum atomic E-state index is 5.71. The van der Waals surface area contributed by atoms with Crippen molar-refractivity contribution in [3.05, 3.63) is 11.7 Å². The van der Waals surface area contributed by atoms with Gasteiger partial charge >= 0.3 is 0 Å². The summed E-state index contributed by atoms with van der Waals surface area (Å²) >= 11 is 0. The molecule has 3 fully saturated rings. The predicted octanol–water partition coefficient (Wildman–Crippen LogP) is 2.76. The molecular weight excluding hydrogens is 238 g/mol. The molecule has 0 amide bonds. The maximum absolute atomic E-state index is 5.71. The summed E-state index contributed by atoms with van der Waals surface area (Å²) in [5, 5.41) is 7.85. The van der Waals surface area contributed by atoms with Gasteiger partial charge < -0.3 is 9.84 Å². The van der Waals surface area contributed by atoms with Crippen LogP contribution in [0.2, 0.25) is 0 Å². The first-order valence-electron chi connectivity index (χ1n) is 7.93. The molecule has 1 N–H and O–H groups in total. The van der Waals surface area contributed by atoms with E-state index in [1.54, 1.807) is 0 Å². The van der Waals surface area contributed by atoms with E-state index in [1.165, 1.54) is 51.4 Å². The SMILES string of the molecule is C1CCC(c2noc([C@@]34CCC[C@@H]3CNC4)n2)CC1. The summed E-state index contributed by atoms with van der Waals surface area (Å²) in [4.78, 5) is 4.83. The average molecular weight is 261 g/mol. The standard InChI is InChI=1S/C15H23N3O/c1-2-5-11(6-3-1)13-17-14(19-18-13)15-8-4-7-12(15)9-16-10-15/h11-12,16H,1-10H2/t12-,15-/m1/s1. The lowest BCUT2D eigenvalue weighted by atomic mass is 9.80. The van der Waals surface area contributed by atoms with Crippen molar-refractivity contribution in [2.24, 2.45) is 5.92 Å². The lowest BCUT2D eigenvalue weighted by Crippen LogP contribution is -2.31. The van der Waals surface area contributed by atoms with E-state index in [4.69, 9.17) is 9.51 Å². The highest BCUT2D eigenvalue weighted by Crippen LogP contribution is 2.47. The van der Waals surface area contributed by atoms with E-state index in [9.17, 15) is 0 Å². The van der Waals surface area contributed by atoms with Crippen LogP contribution in [0.25, 0.3) is 0 Å². The van der Waals surface area contributed by atoms with Gasteiger partial charge in [-0.05, 0) is 38.1 Å². The third-order valence-electron chi connectivity index (χ3n) is 5.63. The van der Waals surface area contributed by atoms with E-state index in [0.717, 1.165) is 24.8 Å². The average Bonchev–Trinajstić information content (AvgIpc) is 3.14. The van der Waals surface area contributed by atoms with E-state index >= 15 is 0 Å². The van der Waals surface area contributed by atoms with Crippen LogP contribution in [-0.4, -0.2) is 23.2 Å². The molecule has 1 saturated heterocycles. The van der Waals surface area contributed by atoms with Gasteiger partial charge in [-0.1, -0.05) is 30.8 Å². The molecule has 1 aliphatic heterocycles. The van der Waals surface area contributed by atoms with Gasteiger partial charge in [0.05, 0.1) is 5.41 Å². The Kier molecular flexibility index (Phi) is 2.87. The van der Waals surface area contributed by atoms with Crippen LogP contribution in [-0.2, 0) is 5.41 Å². The second-order valence-corrected chi connectivity index (χ2v) is 6.67. The molecule has 2 aliphatic carbocycles. The molecule has 3 aliphatic rings. The summed E-state index contributed by atoms with van der Waals surface area (Å²) < 4.78 is 5.71. The summed E-state index contributed by atoms with van der Waals surface area (Å²) in [6.45, 7) is 2.16. The van der Waals surface area contributed by atoms with E-state index in [2.05, 4.69) is 10.5 Å². The smallest absolute Gasteiger partial charge is 0.234 e. The molecular formula is C15H23N3O. The van der Waals surface area contributed by atoms with Crippen molar-refractivity contribution in [1.29, 1.82) is 0 Å². The predicted molar refractivity (Wildman–Crippen MR) is 72.0 cm³/mol.